The number of fused-ring (bicyclic) bond motifs is 1. The molecule has 1 heterocycles. The Labute approximate surface area is 122 Å². The number of aromatic nitrogens is 1. The first kappa shape index (κ1) is 15.3. The minimum atomic E-state index is -0.347. The van der Waals surface area contributed by atoms with Crippen molar-refractivity contribution < 1.29 is 13.9 Å². The second kappa shape index (κ2) is 7.08. The van der Waals surface area contributed by atoms with E-state index in [1.54, 1.807) is 10.6 Å². The average Bonchev–Trinajstić information content (AvgIpc) is 2.82. The lowest BCUT2D eigenvalue weighted by molar-refractivity contribution is -0.140. The Kier molecular flexibility index (Phi) is 5.16. The van der Waals surface area contributed by atoms with Gasteiger partial charge in [-0.25, -0.2) is 4.79 Å². The molecule has 6 nitrogen and oxygen atoms in total. The lowest BCUT2D eigenvalue weighted by Gasteiger charge is -2.19. The number of methoxy groups -OCH3 is 1. The molecule has 0 amide bonds. The van der Waals surface area contributed by atoms with Gasteiger partial charge in [-0.15, -0.1) is 0 Å². The maximum Gasteiger partial charge on any atom is 0.419 e. The fraction of sp³-hybridized carbons (Fsp3) is 0.467. The highest BCUT2D eigenvalue weighted by atomic mass is 16.5. The van der Waals surface area contributed by atoms with Crippen molar-refractivity contribution in [1.82, 2.24) is 9.47 Å². The van der Waals surface area contributed by atoms with E-state index in [1.165, 1.54) is 7.11 Å². The largest absolute Gasteiger partial charge is 0.469 e. The van der Waals surface area contributed by atoms with Gasteiger partial charge < -0.3 is 14.1 Å². The topological polar surface area (TPSA) is 64.7 Å². The number of carbonyl (C=O) groups is 1. The first-order valence-corrected chi connectivity index (χ1v) is 7.03. The fourth-order valence-corrected chi connectivity index (χ4v) is 2.25. The standard InChI is InChI=1S/C15H20N2O4/c1-3-16(9-8-14(18)20-2)10-11-17-12-6-4-5-7-13(12)21-15(17)19/h4-7H,3,8-11H2,1-2H3. The highest BCUT2D eigenvalue weighted by Crippen LogP contribution is 2.11. The van der Waals surface area contributed by atoms with E-state index in [0.29, 0.717) is 31.6 Å². The molecule has 0 aliphatic rings. The van der Waals surface area contributed by atoms with Crippen molar-refractivity contribution in [2.24, 2.45) is 0 Å². The van der Waals surface area contributed by atoms with Crippen LogP contribution in [0.5, 0.6) is 0 Å². The quantitative estimate of drug-likeness (QED) is 0.723. The molecule has 0 saturated heterocycles. The number of hydrogen-bond donors (Lipinski definition) is 0. The summed E-state index contributed by atoms with van der Waals surface area (Å²) in [5, 5.41) is 0. The number of benzene rings is 1. The van der Waals surface area contributed by atoms with Crippen molar-refractivity contribution >= 4 is 17.1 Å². The number of nitrogens with zero attached hydrogens (tertiary/aromatic N) is 2. The van der Waals surface area contributed by atoms with Crippen LogP contribution in [-0.4, -0.2) is 42.2 Å². The number of esters is 1. The summed E-state index contributed by atoms with van der Waals surface area (Å²) >= 11 is 0. The zero-order valence-electron chi connectivity index (χ0n) is 12.4. The van der Waals surface area contributed by atoms with E-state index in [4.69, 9.17) is 4.42 Å². The third kappa shape index (κ3) is 3.72. The van der Waals surface area contributed by atoms with Gasteiger partial charge in [0, 0.05) is 19.6 Å². The molecule has 21 heavy (non-hydrogen) atoms. The van der Waals surface area contributed by atoms with E-state index in [-0.39, 0.29) is 11.7 Å². The molecule has 0 aliphatic heterocycles. The lowest BCUT2D eigenvalue weighted by Crippen LogP contribution is -2.31. The molecule has 1 aromatic carbocycles. The maximum absolute atomic E-state index is 11.9. The van der Waals surface area contributed by atoms with Gasteiger partial charge in [0.05, 0.1) is 19.0 Å². The summed E-state index contributed by atoms with van der Waals surface area (Å²) in [4.78, 5) is 25.1. The Hall–Kier alpha value is -2.08. The molecule has 0 radical (unpaired) electrons. The smallest absolute Gasteiger partial charge is 0.419 e. The highest BCUT2D eigenvalue weighted by molar-refractivity contribution is 5.72. The Bertz CT molecular complexity index is 659. The molecule has 0 atom stereocenters. The first-order chi connectivity index (χ1) is 10.2. The monoisotopic (exact) mass is 292 g/mol. The minimum absolute atomic E-state index is 0.223. The summed E-state index contributed by atoms with van der Waals surface area (Å²) in [6, 6.07) is 7.36. The number of ether oxygens (including phenoxy) is 1. The summed E-state index contributed by atoms with van der Waals surface area (Å²) in [7, 11) is 1.38. The number of likely N-dealkylation sites (N-methyl/N-ethyl adjacent to an activating group) is 1. The van der Waals surface area contributed by atoms with Crippen LogP contribution in [0.4, 0.5) is 0 Å². The predicted octanol–water partition coefficient (Wildman–Crippen LogP) is 1.48. The lowest BCUT2D eigenvalue weighted by atomic mass is 10.3. The normalized spacial score (nSPS) is 11.2. The molecule has 0 fully saturated rings. The van der Waals surface area contributed by atoms with E-state index in [9.17, 15) is 9.59 Å². The van der Waals surface area contributed by atoms with Crippen molar-refractivity contribution in [3.05, 3.63) is 34.8 Å². The van der Waals surface area contributed by atoms with Gasteiger partial charge in [0.25, 0.3) is 0 Å². The van der Waals surface area contributed by atoms with Crippen molar-refractivity contribution in [3.63, 3.8) is 0 Å². The summed E-state index contributed by atoms with van der Waals surface area (Å²) in [6.45, 7) is 4.66. The number of para-hydroxylation sites is 2. The van der Waals surface area contributed by atoms with Gasteiger partial charge in [-0.05, 0) is 18.7 Å². The maximum atomic E-state index is 11.9. The molecule has 0 spiro atoms. The molecule has 2 rings (SSSR count). The van der Waals surface area contributed by atoms with E-state index in [1.807, 2.05) is 25.1 Å². The number of oxazole rings is 1. The van der Waals surface area contributed by atoms with Crippen LogP contribution >= 0.6 is 0 Å². The van der Waals surface area contributed by atoms with Crippen LogP contribution < -0.4 is 5.76 Å². The molecule has 2 aromatic rings. The molecular weight excluding hydrogens is 272 g/mol. The van der Waals surface area contributed by atoms with Crippen LogP contribution in [0.15, 0.2) is 33.5 Å². The van der Waals surface area contributed by atoms with E-state index < -0.39 is 0 Å². The summed E-state index contributed by atoms with van der Waals surface area (Å²) in [6.07, 6.45) is 0.353. The Morgan fingerprint density at radius 2 is 2.10 bits per heavy atom. The van der Waals surface area contributed by atoms with Gasteiger partial charge in [-0.2, -0.15) is 0 Å². The first-order valence-electron chi connectivity index (χ1n) is 7.03. The second-order valence-corrected chi connectivity index (χ2v) is 4.75. The summed E-state index contributed by atoms with van der Waals surface area (Å²) < 4.78 is 11.5. The summed E-state index contributed by atoms with van der Waals surface area (Å²) in [5.74, 6) is -0.570. The SMILES string of the molecule is CCN(CCC(=O)OC)CCn1c(=O)oc2ccccc21. The van der Waals surface area contributed by atoms with Crippen molar-refractivity contribution in [2.75, 3.05) is 26.7 Å². The Morgan fingerprint density at radius 3 is 2.81 bits per heavy atom. The highest BCUT2D eigenvalue weighted by Gasteiger charge is 2.11. The van der Waals surface area contributed by atoms with E-state index >= 15 is 0 Å². The molecule has 0 aliphatic carbocycles. The molecule has 0 bridgehead atoms. The van der Waals surface area contributed by atoms with Gasteiger partial charge in [0.2, 0.25) is 0 Å². The molecule has 1 aromatic heterocycles. The molecule has 0 N–H and O–H groups in total. The van der Waals surface area contributed by atoms with Crippen LogP contribution in [0.2, 0.25) is 0 Å². The molecule has 0 unspecified atom stereocenters. The van der Waals surface area contributed by atoms with Gasteiger partial charge in [-0.3, -0.25) is 9.36 Å². The van der Waals surface area contributed by atoms with Crippen molar-refractivity contribution in [3.8, 4) is 0 Å². The predicted molar refractivity (Wildman–Crippen MR) is 79.2 cm³/mol. The van der Waals surface area contributed by atoms with Crippen molar-refractivity contribution in [2.45, 2.75) is 19.9 Å². The van der Waals surface area contributed by atoms with Crippen LogP contribution in [0.25, 0.3) is 11.1 Å². The third-order valence-electron chi connectivity index (χ3n) is 3.52. The number of rotatable bonds is 7. The molecular formula is C15H20N2O4. The number of carbonyl (C=O) groups excluding carboxylic acids is 1. The van der Waals surface area contributed by atoms with Gasteiger partial charge in [0.15, 0.2) is 5.58 Å². The van der Waals surface area contributed by atoms with E-state index in [2.05, 4.69) is 9.64 Å². The van der Waals surface area contributed by atoms with Gasteiger partial charge in [-0.1, -0.05) is 19.1 Å². The van der Waals surface area contributed by atoms with Crippen LogP contribution in [0.3, 0.4) is 0 Å². The zero-order chi connectivity index (χ0) is 15.2. The number of hydrogen-bond acceptors (Lipinski definition) is 5. The molecule has 0 saturated carbocycles. The van der Waals surface area contributed by atoms with Crippen LogP contribution in [0, 0.1) is 0 Å². The second-order valence-electron chi connectivity index (χ2n) is 4.75. The third-order valence-corrected chi connectivity index (χ3v) is 3.52. The zero-order valence-corrected chi connectivity index (χ0v) is 12.4. The van der Waals surface area contributed by atoms with Crippen LogP contribution in [0.1, 0.15) is 13.3 Å². The minimum Gasteiger partial charge on any atom is -0.469 e. The average molecular weight is 292 g/mol. The molecule has 114 valence electrons. The fourth-order valence-electron chi connectivity index (χ4n) is 2.25. The molecule has 6 heteroatoms. The van der Waals surface area contributed by atoms with Crippen LogP contribution in [-0.2, 0) is 16.1 Å². The van der Waals surface area contributed by atoms with E-state index in [0.717, 1.165) is 12.1 Å². The Balaban J connectivity index is 2.01. The van der Waals surface area contributed by atoms with Gasteiger partial charge >= 0.3 is 11.7 Å². The van der Waals surface area contributed by atoms with Crippen molar-refractivity contribution in [1.29, 1.82) is 0 Å². The van der Waals surface area contributed by atoms with Gasteiger partial charge in [0.1, 0.15) is 0 Å². The summed E-state index contributed by atoms with van der Waals surface area (Å²) in [5.41, 5.74) is 1.40. The Morgan fingerprint density at radius 1 is 1.33 bits per heavy atom.